The van der Waals surface area contributed by atoms with Crippen LogP contribution >= 0.6 is 0 Å². The Morgan fingerprint density at radius 2 is 0.567 bits per heavy atom. The molecule has 0 saturated heterocycles. The van der Waals surface area contributed by atoms with Crippen molar-refractivity contribution >= 4 is 55.2 Å². The second-order valence-corrected chi connectivity index (χ2v) is 15.2. The van der Waals surface area contributed by atoms with Crippen LogP contribution in [0.2, 0.25) is 0 Å². The highest BCUT2D eigenvalue weighted by Crippen LogP contribution is 2.42. The number of aromatic nitrogens is 2. The second kappa shape index (κ2) is 14.4. The van der Waals surface area contributed by atoms with Gasteiger partial charge in [-0.2, -0.15) is 0 Å². The van der Waals surface area contributed by atoms with Crippen LogP contribution in [0, 0.1) is 0 Å². The molecule has 0 radical (unpaired) electrons. The van der Waals surface area contributed by atoms with E-state index in [9.17, 15) is 9.59 Å². The molecular weight excluding hydrogens is 733 g/mol. The molecule has 11 rings (SSSR count). The van der Waals surface area contributed by atoms with Gasteiger partial charge >= 0.3 is 0 Å². The summed E-state index contributed by atoms with van der Waals surface area (Å²) in [5.41, 5.74) is 13.8. The van der Waals surface area contributed by atoms with Crippen LogP contribution in [0.3, 0.4) is 0 Å². The Morgan fingerprint density at radius 3 is 0.933 bits per heavy atom. The van der Waals surface area contributed by atoms with E-state index in [4.69, 9.17) is 0 Å². The monoisotopic (exact) mass is 768 g/mol. The molecule has 2 heterocycles. The maximum absolute atomic E-state index is 13.0. The number of rotatable bonds is 8. The zero-order valence-electron chi connectivity index (χ0n) is 32.5. The van der Waals surface area contributed by atoms with E-state index in [1.54, 1.807) is 0 Å². The maximum atomic E-state index is 13.0. The van der Waals surface area contributed by atoms with Crippen LogP contribution in [0.4, 0.5) is 0 Å². The van der Waals surface area contributed by atoms with Crippen molar-refractivity contribution < 1.29 is 9.59 Å². The molecule has 9 aromatic carbocycles. The average molecular weight is 769 g/mol. The van der Waals surface area contributed by atoms with Gasteiger partial charge in [-0.1, -0.05) is 170 Å². The number of fused-ring (bicyclic) bond motifs is 7. The largest absolute Gasteiger partial charge is 0.309 e. The van der Waals surface area contributed by atoms with E-state index < -0.39 is 0 Å². The lowest BCUT2D eigenvalue weighted by Gasteiger charge is -2.11. The third kappa shape index (κ3) is 5.85. The van der Waals surface area contributed by atoms with Crippen LogP contribution in [-0.4, -0.2) is 20.7 Å². The van der Waals surface area contributed by atoms with Crippen molar-refractivity contribution in [2.75, 3.05) is 0 Å². The number of benzene rings is 9. The SMILES string of the molecule is O=C(c1ccccc1)c1ccc(-c2ccc(-n3c4ccccc4c4c5c6ccccc6n(-c6ccc(-c7ccc(C(=O)c8ccccc8)cc7)cc6)c5ccc43)cc2)cc1. The van der Waals surface area contributed by atoms with Gasteiger partial charge in [0.25, 0.3) is 0 Å². The highest BCUT2D eigenvalue weighted by Gasteiger charge is 2.21. The third-order valence-electron chi connectivity index (χ3n) is 11.8. The summed E-state index contributed by atoms with van der Waals surface area (Å²) < 4.78 is 4.74. The second-order valence-electron chi connectivity index (χ2n) is 15.2. The zero-order valence-corrected chi connectivity index (χ0v) is 32.5. The number of para-hydroxylation sites is 2. The molecule has 2 aromatic heterocycles. The lowest BCUT2D eigenvalue weighted by molar-refractivity contribution is 0.103. The number of ketones is 2. The molecule has 0 unspecified atom stereocenters. The molecule has 11 aromatic rings. The van der Waals surface area contributed by atoms with Gasteiger partial charge in [-0.25, -0.2) is 0 Å². The standard InChI is InChI=1S/C56H36N2O2/c59-55(41-11-3-1-4-12-41)43-23-19-37(20-24-43)39-27-31-45(32-28-39)57-49-17-9-7-15-47(49)53-51(57)35-36-52-54(53)48-16-8-10-18-50(48)58(52)46-33-29-40(30-34-46)38-21-25-44(26-22-38)56(60)42-13-5-2-6-14-42/h1-36H. The highest BCUT2D eigenvalue weighted by atomic mass is 16.1. The smallest absolute Gasteiger partial charge is 0.193 e. The molecule has 0 atom stereocenters. The van der Waals surface area contributed by atoms with Crippen LogP contribution in [0.15, 0.2) is 218 Å². The number of carbonyl (C=O) groups excluding carboxylic acids is 2. The Balaban J connectivity index is 0.962. The molecule has 282 valence electrons. The fourth-order valence-corrected chi connectivity index (χ4v) is 8.82. The first-order valence-corrected chi connectivity index (χ1v) is 20.2. The number of hydrogen-bond donors (Lipinski definition) is 0. The highest BCUT2D eigenvalue weighted by molar-refractivity contribution is 6.29. The molecule has 0 fully saturated rings. The predicted molar refractivity (Wildman–Crippen MR) is 246 cm³/mol. The summed E-state index contributed by atoms with van der Waals surface area (Å²) in [4.78, 5) is 26.0. The summed E-state index contributed by atoms with van der Waals surface area (Å²) >= 11 is 0. The van der Waals surface area contributed by atoms with Gasteiger partial charge in [0.2, 0.25) is 0 Å². The quantitative estimate of drug-likeness (QED) is 0.145. The molecule has 4 nitrogen and oxygen atoms in total. The number of hydrogen-bond acceptors (Lipinski definition) is 2. The summed E-state index contributed by atoms with van der Waals surface area (Å²) in [7, 11) is 0. The zero-order chi connectivity index (χ0) is 40.2. The minimum absolute atomic E-state index is 0.0241. The Morgan fingerprint density at radius 1 is 0.267 bits per heavy atom. The van der Waals surface area contributed by atoms with Crippen molar-refractivity contribution in [1.29, 1.82) is 0 Å². The normalized spacial score (nSPS) is 11.5. The first kappa shape index (κ1) is 35.1. The average Bonchev–Trinajstić information content (AvgIpc) is 3.85. The van der Waals surface area contributed by atoms with Crippen molar-refractivity contribution in [1.82, 2.24) is 9.13 Å². The molecule has 0 aliphatic rings. The Bertz CT molecular complexity index is 3160. The van der Waals surface area contributed by atoms with E-state index in [2.05, 4.69) is 118 Å². The van der Waals surface area contributed by atoms with Crippen molar-refractivity contribution in [3.8, 4) is 33.6 Å². The lowest BCUT2D eigenvalue weighted by Crippen LogP contribution is -2.00. The van der Waals surface area contributed by atoms with Gasteiger partial charge in [-0.05, 0) is 70.8 Å². The number of nitrogens with zero attached hydrogens (tertiary/aromatic N) is 2. The molecular formula is C56H36N2O2. The molecule has 0 bridgehead atoms. The molecule has 4 heteroatoms. The fraction of sp³-hybridized carbons (Fsp3) is 0. The van der Waals surface area contributed by atoms with Gasteiger partial charge < -0.3 is 9.13 Å². The topological polar surface area (TPSA) is 44.0 Å². The minimum atomic E-state index is 0.0241. The van der Waals surface area contributed by atoms with Crippen molar-refractivity contribution in [2.45, 2.75) is 0 Å². The third-order valence-corrected chi connectivity index (χ3v) is 11.8. The fourth-order valence-electron chi connectivity index (χ4n) is 8.82. The van der Waals surface area contributed by atoms with Crippen LogP contribution in [0.25, 0.3) is 77.2 Å². The van der Waals surface area contributed by atoms with Crippen LogP contribution in [-0.2, 0) is 0 Å². The summed E-state index contributed by atoms with van der Waals surface area (Å²) in [6.07, 6.45) is 0. The van der Waals surface area contributed by atoms with Crippen LogP contribution in [0.5, 0.6) is 0 Å². The summed E-state index contributed by atoms with van der Waals surface area (Å²) in [6.45, 7) is 0. The van der Waals surface area contributed by atoms with Crippen LogP contribution in [0.1, 0.15) is 31.8 Å². The minimum Gasteiger partial charge on any atom is -0.309 e. The Labute approximate surface area is 346 Å². The lowest BCUT2D eigenvalue weighted by atomic mass is 9.99. The van der Waals surface area contributed by atoms with E-state index in [1.807, 2.05) is 109 Å². The van der Waals surface area contributed by atoms with Crippen LogP contribution < -0.4 is 0 Å². The van der Waals surface area contributed by atoms with Gasteiger partial charge in [-0.15, -0.1) is 0 Å². The van der Waals surface area contributed by atoms with Gasteiger partial charge in [0.05, 0.1) is 22.1 Å². The summed E-state index contributed by atoms with van der Waals surface area (Å²) in [5.74, 6) is 0.0482. The summed E-state index contributed by atoms with van der Waals surface area (Å²) in [5, 5.41) is 4.85. The molecule has 0 amide bonds. The van der Waals surface area contributed by atoms with Gasteiger partial charge in [0.1, 0.15) is 0 Å². The van der Waals surface area contributed by atoms with Gasteiger partial charge in [-0.3, -0.25) is 9.59 Å². The predicted octanol–water partition coefficient (Wildman–Crippen LogP) is 13.7. The van der Waals surface area contributed by atoms with Crippen molar-refractivity contribution in [3.63, 3.8) is 0 Å². The molecule has 0 saturated carbocycles. The first-order valence-electron chi connectivity index (χ1n) is 20.2. The first-order chi connectivity index (χ1) is 29.6. The van der Waals surface area contributed by atoms with Gasteiger partial charge in [0, 0.05) is 55.2 Å². The van der Waals surface area contributed by atoms with E-state index in [-0.39, 0.29) is 11.6 Å². The number of carbonyl (C=O) groups is 2. The van der Waals surface area contributed by atoms with E-state index in [0.29, 0.717) is 22.3 Å². The van der Waals surface area contributed by atoms with Gasteiger partial charge in [0.15, 0.2) is 11.6 Å². The molecule has 0 aliphatic heterocycles. The summed E-state index contributed by atoms with van der Waals surface area (Å²) in [6, 6.07) is 73.9. The van der Waals surface area contributed by atoms with Crippen molar-refractivity contribution in [2.24, 2.45) is 0 Å². The maximum Gasteiger partial charge on any atom is 0.193 e. The van der Waals surface area contributed by atoms with E-state index >= 15 is 0 Å². The Hall–Kier alpha value is -8.08. The molecule has 60 heavy (non-hydrogen) atoms. The van der Waals surface area contributed by atoms with E-state index in [1.165, 1.54) is 21.5 Å². The Kier molecular flexibility index (Phi) is 8.42. The molecule has 0 N–H and O–H groups in total. The molecule has 0 spiro atoms. The molecule has 0 aliphatic carbocycles. The van der Waals surface area contributed by atoms with E-state index in [0.717, 1.165) is 55.7 Å². The van der Waals surface area contributed by atoms with Crippen molar-refractivity contribution in [3.05, 3.63) is 241 Å².